The molecule has 1 aromatic rings. The summed E-state index contributed by atoms with van der Waals surface area (Å²) in [7, 11) is 1.57. The van der Waals surface area contributed by atoms with E-state index in [2.05, 4.69) is 5.32 Å². The van der Waals surface area contributed by atoms with Gasteiger partial charge in [0.2, 0.25) is 11.5 Å². The molecule has 0 unspecified atom stereocenters. The van der Waals surface area contributed by atoms with Crippen molar-refractivity contribution >= 4 is 17.6 Å². The molecule has 6 nitrogen and oxygen atoms in total. The fraction of sp³-hybridized carbons (Fsp3) is 0.533. The molecule has 0 bridgehead atoms. The molecule has 21 heavy (non-hydrogen) atoms. The highest BCUT2D eigenvalue weighted by molar-refractivity contribution is 6.13. The molecule has 1 aliphatic carbocycles. The van der Waals surface area contributed by atoms with Crippen LogP contribution in [0.2, 0.25) is 0 Å². The van der Waals surface area contributed by atoms with Gasteiger partial charge in [0, 0.05) is 19.3 Å². The summed E-state index contributed by atoms with van der Waals surface area (Å²) in [4.78, 5) is 35.7. The predicted molar refractivity (Wildman–Crippen MR) is 77.9 cm³/mol. The minimum absolute atomic E-state index is 0.201. The molecule has 1 saturated carbocycles. The number of hydrogen-bond donors (Lipinski definition) is 2. The first kappa shape index (κ1) is 15.3. The first-order valence-electron chi connectivity index (χ1n) is 6.71. The summed E-state index contributed by atoms with van der Waals surface area (Å²) in [6, 6.07) is 2.80. The Labute approximate surface area is 122 Å². The zero-order valence-corrected chi connectivity index (χ0v) is 12.9. The molecular weight excluding hydrogens is 272 g/mol. The van der Waals surface area contributed by atoms with Gasteiger partial charge in [-0.25, -0.2) is 0 Å². The first-order valence-corrected chi connectivity index (χ1v) is 6.71. The van der Waals surface area contributed by atoms with Crippen LogP contribution in [0.25, 0.3) is 0 Å². The van der Waals surface area contributed by atoms with Crippen LogP contribution in [0, 0.1) is 16.2 Å². The van der Waals surface area contributed by atoms with Crippen molar-refractivity contribution in [2.45, 2.75) is 27.7 Å². The maximum absolute atomic E-state index is 12.6. The van der Waals surface area contributed by atoms with Crippen LogP contribution in [0.15, 0.2) is 23.1 Å². The summed E-state index contributed by atoms with van der Waals surface area (Å²) in [6.45, 7) is 7.12. The standard InChI is InChI=1S/C15H20N2O4/c1-13(2)14(3,4)15(13,12(20)21)11(19)16-9-6-7-10(18)17(5)8-9/h6-8H,1-5H3,(H,16,19)(H,20,21). The Kier molecular flexibility index (Phi) is 3.05. The Morgan fingerprint density at radius 2 is 1.67 bits per heavy atom. The zero-order valence-electron chi connectivity index (χ0n) is 12.9. The van der Waals surface area contributed by atoms with Crippen LogP contribution in [0.3, 0.4) is 0 Å². The van der Waals surface area contributed by atoms with Crippen molar-refractivity contribution in [1.29, 1.82) is 0 Å². The number of carboxylic acid groups (broad SMARTS) is 1. The van der Waals surface area contributed by atoms with Crippen LogP contribution in [0.5, 0.6) is 0 Å². The number of aliphatic carboxylic acids is 1. The lowest BCUT2D eigenvalue weighted by Crippen LogP contribution is -2.37. The van der Waals surface area contributed by atoms with Crippen molar-refractivity contribution in [2.75, 3.05) is 5.32 Å². The molecule has 1 heterocycles. The van der Waals surface area contributed by atoms with E-state index in [4.69, 9.17) is 0 Å². The molecule has 0 aromatic carbocycles. The highest BCUT2D eigenvalue weighted by Gasteiger charge is 2.85. The van der Waals surface area contributed by atoms with Crippen LogP contribution in [0.4, 0.5) is 5.69 Å². The highest BCUT2D eigenvalue weighted by Crippen LogP contribution is 2.78. The Morgan fingerprint density at radius 3 is 2.05 bits per heavy atom. The van der Waals surface area contributed by atoms with Crippen molar-refractivity contribution in [3.63, 3.8) is 0 Å². The van der Waals surface area contributed by atoms with E-state index in [1.165, 1.54) is 22.9 Å². The van der Waals surface area contributed by atoms with E-state index in [1.807, 2.05) is 0 Å². The Morgan fingerprint density at radius 1 is 1.14 bits per heavy atom. The molecule has 1 fully saturated rings. The normalized spacial score (nSPS) is 20.6. The largest absolute Gasteiger partial charge is 0.480 e. The fourth-order valence-electron chi connectivity index (χ4n) is 3.40. The molecule has 0 saturated heterocycles. The van der Waals surface area contributed by atoms with E-state index in [9.17, 15) is 19.5 Å². The number of pyridine rings is 1. The molecule has 6 heteroatoms. The Hall–Kier alpha value is -2.11. The molecule has 2 rings (SSSR count). The number of aromatic nitrogens is 1. The number of hydrogen-bond acceptors (Lipinski definition) is 3. The van der Waals surface area contributed by atoms with Gasteiger partial charge in [-0.3, -0.25) is 14.4 Å². The summed E-state index contributed by atoms with van der Waals surface area (Å²) in [5.74, 6) is -1.68. The second-order valence-electron chi connectivity index (χ2n) is 6.63. The van der Waals surface area contributed by atoms with Crippen LogP contribution >= 0.6 is 0 Å². The number of carboxylic acids is 1. The number of nitrogens with one attached hydrogen (secondary N) is 1. The predicted octanol–water partition coefficient (Wildman–Crippen LogP) is 1.46. The number of aryl methyl sites for hydroxylation is 1. The van der Waals surface area contributed by atoms with E-state index in [-0.39, 0.29) is 5.56 Å². The van der Waals surface area contributed by atoms with E-state index >= 15 is 0 Å². The Balaban J connectivity index is 2.37. The van der Waals surface area contributed by atoms with Crippen molar-refractivity contribution in [2.24, 2.45) is 23.3 Å². The third-order valence-electron chi connectivity index (χ3n) is 5.38. The van der Waals surface area contributed by atoms with Crippen LogP contribution in [-0.4, -0.2) is 21.6 Å². The lowest BCUT2D eigenvalue weighted by Gasteiger charge is -2.16. The van der Waals surface area contributed by atoms with E-state index in [0.29, 0.717) is 5.69 Å². The molecule has 1 aliphatic rings. The summed E-state index contributed by atoms with van der Waals surface area (Å²) in [5.41, 5.74) is -2.59. The summed E-state index contributed by atoms with van der Waals surface area (Å²) in [6.07, 6.45) is 1.47. The summed E-state index contributed by atoms with van der Waals surface area (Å²) in [5, 5.41) is 12.2. The zero-order chi connectivity index (χ0) is 16.2. The van der Waals surface area contributed by atoms with Gasteiger partial charge >= 0.3 is 5.97 Å². The Bertz CT molecular complexity index is 671. The van der Waals surface area contributed by atoms with Gasteiger partial charge in [-0.1, -0.05) is 27.7 Å². The number of carbonyl (C=O) groups is 2. The topological polar surface area (TPSA) is 88.4 Å². The number of anilines is 1. The third kappa shape index (κ3) is 1.68. The molecule has 2 N–H and O–H groups in total. The molecule has 0 atom stereocenters. The molecule has 114 valence electrons. The molecule has 0 spiro atoms. The fourth-order valence-corrected chi connectivity index (χ4v) is 3.40. The van der Waals surface area contributed by atoms with Gasteiger partial charge in [-0.05, 0) is 16.9 Å². The van der Waals surface area contributed by atoms with Gasteiger partial charge in [0.05, 0.1) is 5.69 Å². The van der Waals surface area contributed by atoms with Crippen LogP contribution in [0.1, 0.15) is 27.7 Å². The van der Waals surface area contributed by atoms with Gasteiger partial charge in [0.15, 0.2) is 5.41 Å². The second kappa shape index (κ2) is 4.19. The highest BCUT2D eigenvalue weighted by atomic mass is 16.4. The number of carbonyl (C=O) groups excluding carboxylic acids is 1. The number of amides is 1. The van der Waals surface area contributed by atoms with E-state index in [1.54, 1.807) is 34.7 Å². The summed E-state index contributed by atoms with van der Waals surface area (Å²) >= 11 is 0. The average Bonchev–Trinajstić information content (AvgIpc) is 2.70. The quantitative estimate of drug-likeness (QED) is 0.825. The van der Waals surface area contributed by atoms with Crippen LogP contribution < -0.4 is 10.9 Å². The van der Waals surface area contributed by atoms with Crippen molar-refractivity contribution < 1.29 is 14.7 Å². The monoisotopic (exact) mass is 292 g/mol. The smallest absolute Gasteiger partial charge is 0.320 e. The van der Waals surface area contributed by atoms with Crippen molar-refractivity contribution in [3.05, 3.63) is 28.7 Å². The molecule has 1 aromatic heterocycles. The van der Waals surface area contributed by atoms with Crippen molar-refractivity contribution in [3.8, 4) is 0 Å². The lowest BCUT2D eigenvalue weighted by atomic mass is 9.93. The number of nitrogens with zero attached hydrogens (tertiary/aromatic N) is 1. The minimum Gasteiger partial charge on any atom is -0.480 e. The number of rotatable bonds is 3. The molecular formula is C15H20N2O4. The van der Waals surface area contributed by atoms with Gasteiger partial charge in [-0.15, -0.1) is 0 Å². The van der Waals surface area contributed by atoms with Gasteiger partial charge in [-0.2, -0.15) is 0 Å². The molecule has 0 radical (unpaired) electrons. The molecule has 0 aliphatic heterocycles. The van der Waals surface area contributed by atoms with Gasteiger partial charge in [0.1, 0.15) is 0 Å². The van der Waals surface area contributed by atoms with E-state index in [0.717, 1.165) is 0 Å². The third-order valence-corrected chi connectivity index (χ3v) is 5.38. The lowest BCUT2D eigenvalue weighted by molar-refractivity contribution is -0.150. The minimum atomic E-state index is -1.48. The first-order chi connectivity index (χ1) is 9.50. The maximum Gasteiger partial charge on any atom is 0.320 e. The molecule has 1 amide bonds. The van der Waals surface area contributed by atoms with E-state index < -0.39 is 28.1 Å². The van der Waals surface area contributed by atoms with Gasteiger partial charge in [0.25, 0.3) is 0 Å². The SMILES string of the molecule is Cn1cc(NC(=O)C2(C(=O)O)C(C)(C)C2(C)C)ccc1=O. The van der Waals surface area contributed by atoms with Crippen LogP contribution in [-0.2, 0) is 16.6 Å². The summed E-state index contributed by atoms with van der Waals surface area (Å²) < 4.78 is 1.33. The van der Waals surface area contributed by atoms with Crippen molar-refractivity contribution in [1.82, 2.24) is 4.57 Å². The van der Waals surface area contributed by atoms with Gasteiger partial charge < -0.3 is 15.0 Å². The maximum atomic E-state index is 12.6. The average molecular weight is 292 g/mol. The second-order valence-corrected chi connectivity index (χ2v) is 6.63.